The number of nitrogens with zero attached hydrogens (tertiary/aromatic N) is 4. The number of thiazole rings is 2. The maximum absolute atomic E-state index is 13.4. The molecule has 0 spiro atoms. The fraction of sp³-hybridized carbons (Fsp3) is 0.286. The number of hydrogen-bond acceptors (Lipinski definition) is 6. The van der Waals surface area contributed by atoms with E-state index in [0.717, 1.165) is 32.1 Å². The zero-order chi connectivity index (χ0) is 19.8. The van der Waals surface area contributed by atoms with Crippen molar-refractivity contribution in [3.8, 4) is 0 Å². The van der Waals surface area contributed by atoms with Crippen molar-refractivity contribution < 1.29 is 4.79 Å². The molecule has 152 valence electrons. The third-order valence-corrected chi connectivity index (χ3v) is 6.79. The van der Waals surface area contributed by atoms with Gasteiger partial charge in [-0.05, 0) is 57.3 Å². The largest absolute Gasteiger partial charge is 0.308 e. The third kappa shape index (κ3) is 4.43. The molecule has 0 atom stereocenters. The number of halogens is 1. The first kappa shape index (κ1) is 21.6. The number of fused-ring (bicyclic) bond motifs is 2. The van der Waals surface area contributed by atoms with Gasteiger partial charge in [0.25, 0.3) is 5.91 Å². The Hall–Kier alpha value is -2.06. The number of benzene rings is 2. The molecule has 0 bridgehead atoms. The lowest BCUT2D eigenvalue weighted by molar-refractivity contribution is 0.0985. The van der Waals surface area contributed by atoms with Crippen LogP contribution in [-0.4, -0.2) is 48.0 Å². The number of aryl methyl sites for hydroxylation is 2. The number of hydrogen-bond donors (Lipinski definition) is 0. The van der Waals surface area contributed by atoms with E-state index in [-0.39, 0.29) is 18.3 Å². The first-order valence-electron chi connectivity index (χ1n) is 9.12. The molecule has 0 saturated heterocycles. The van der Waals surface area contributed by atoms with E-state index in [0.29, 0.717) is 11.6 Å². The molecule has 8 heteroatoms. The van der Waals surface area contributed by atoms with Gasteiger partial charge in [-0.15, -0.1) is 23.7 Å². The normalized spacial score (nSPS) is 11.2. The van der Waals surface area contributed by atoms with Gasteiger partial charge in [0.2, 0.25) is 0 Å². The van der Waals surface area contributed by atoms with Crippen LogP contribution < -0.4 is 4.90 Å². The topological polar surface area (TPSA) is 49.3 Å². The van der Waals surface area contributed by atoms with Crippen LogP contribution >= 0.6 is 35.1 Å². The highest BCUT2D eigenvalue weighted by Crippen LogP contribution is 2.33. The molecule has 0 saturated carbocycles. The molecule has 0 N–H and O–H groups in total. The van der Waals surface area contributed by atoms with Gasteiger partial charge in [-0.2, -0.15) is 0 Å². The maximum Gasteiger partial charge on any atom is 0.289 e. The Balaban J connectivity index is 0.00000240. The van der Waals surface area contributed by atoms with Crippen LogP contribution in [0.1, 0.15) is 20.9 Å². The van der Waals surface area contributed by atoms with E-state index in [1.165, 1.54) is 22.5 Å². The number of carbonyl (C=O) groups is 1. The van der Waals surface area contributed by atoms with Crippen LogP contribution in [-0.2, 0) is 0 Å². The molecule has 5 nitrogen and oxygen atoms in total. The van der Waals surface area contributed by atoms with Crippen molar-refractivity contribution in [3.63, 3.8) is 0 Å². The molecule has 29 heavy (non-hydrogen) atoms. The van der Waals surface area contributed by atoms with Crippen molar-refractivity contribution in [2.75, 3.05) is 32.1 Å². The molecule has 0 radical (unpaired) electrons. The Morgan fingerprint density at radius 1 is 1.00 bits per heavy atom. The van der Waals surface area contributed by atoms with Crippen molar-refractivity contribution in [3.05, 3.63) is 52.5 Å². The number of amides is 1. The number of anilines is 1. The van der Waals surface area contributed by atoms with Gasteiger partial charge in [-0.3, -0.25) is 9.69 Å². The minimum atomic E-state index is -0.0866. The van der Waals surface area contributed by atoms with E-state index in [1.54, 1.807) is 16.2 Å². The highest BCUT2D eigenvalue weighted by Gasteiger charge is 2.24. The maximum atomic E-state index is 13.4. The molecule has 2 aromatic heterocycles. The van der Waals surface area contributed by atoms with Crippen LogP contribution in [0, 0.1) is 13.8 Å². The zero-order valence-electron chi connectivity index (χ0n) is 16.8. The molecule has 2 heterocycles. The van der Waals surface area contributed by atoms with Gasteiger partial charge in [-0.1, -0.05) is 29.5 Å². The number of carbonyl (C=O) groups excluding carboxylic acids is 1. The second-order valence-electron chi connectivity index (χ2n) is 7.17. The molecule has 4 rings (SSSR count). The summed E-state index contributed by atoms with van der Waals surface area (Å²) in [4.78, 5) is 26.6. The summed E-state index contributed by atoms with van der Waals surface area (Å²) in [5, 5.41) is 1.24. The van der Waals surface area contributed by atoms with E-state index in [9.17, 15) is 4.79 Å². The molecule has 0 fully saturated rings. The van der Waals surface area contributed by atoms with Crippen LogP contribution in [0.4, 0.5) is 5.13 Å². The summed E-state index contributed by atoms with van der Waals surface area (Å²) in [6.45, 7) is 5.49. The van der Waals surface area contributed by atoms with Crippen molar-refractivity contribution >= 4 is 66.6 Å². The second kappa shape index (κ2) is 8.75. The van der Waals surface area contributed by atoms with Crippen molar-refractivity contribution in [1.29, 1.82) is 0 Å². The Morgan fingerprint density at radius 3 is 2.48 bits per heavy atom. The van der Waals surface area contributed by atoms with Crippen LogP contribution in [0.25, 0.3) is 20.4 Å². The van der Waals surface area contributed by atoms with Gasteiger partial charge in [0.1, 0.15) is 0 Å². The quantitative estimate of drug-likeness (QED) is 0.425. The van der Waals surface area contributed by atoms with E-state index in [1.807, 2.05) is 38.4 Å². The summed E-state index contributed by atoms with van der Waals surface area (Å²) in [7, 11) is 4.01. The van der Waals surface area contributed by atoms with Gasteiger partial charge in [0.05, 0.1) is 20.4 Å². The minimum Gasteiger partial charge on any atom is -0.308 e. The van der Waals surface area contributed by atoms with E-state index in [2.05, 4.69) is 35.9 Å². The number of para-hydroxylation sites is 1. The standard InChI is InChI=1S/C21H22N4OS2.ClH/c1-13-11-14(2)18-16(12-13)23-21(28-18)25(10-9-24(3)4)20(26)19-22-15-7-5-6-8-17(15)27-19;/h5-8,11-12H,9-10H2,1-4H3;1H. The van der Waals surface area contributed by atoms with Crippen LogP contribution in [0.3, 0.4) is 0 Å². The predicted octanol–water partition coefficient (Wildman–Crippen LogP) is 5.15. The Morgan fingerprint density at radius 2 is 1.76 bits per heavy atom. The predicted molar refractivity (Wildman–Crippen MR) is 126 cm³/mol. The van der Waals surface area contributed by atoms with Crippen LogP contribution in [0.15, 0.2) is 36.4 Å². The lowest BCUT2D eigenvalue weighted by atomic mass is 10.1. The highest BCUT2D eigenvalue weighted by atomic mass is 35.5. The summed E-state index contributed by atoms with van der Waals surface area (Å²) < 4.78 is 2.15. The van der Waals surface area contributed by atoms with Gasteiger partial charge < -0.3 is 4.90 Å². The van der Waals surface area contributed by atoms with Crippen LogP contribution in [0.2, 0.25) is 0 Å². The smallest absolute Gasteiger partial charge is 0.289 e. The van der Waals surface area contributed by atoms with Gasteiger partial charge >= 0.3 is 0 Å². The number of aromatic nitrogens is 2. The fourth-order valence-electron chi connectivity index (χ4n) is 3.14. The van der Waals surface area contributed by atoms with Gasteiger partial charge in [0, 0.05) is 13.1 Å². The molecule has 0 aliphatic rings. The molecule has 1 amide bonds. The van der Waals surface area contributed by atoms with Gasteiger partial charge in [-0.25, -0.2) is 9.97 Å². The molecule has 4 aromatic rings. The fourth-order valence-corrected chi connectivity index (χ4v) is 5.10. The Bertz CT molecular complexity index is 1140. The molecular formula is C21H23ClN4OS2. The summed E-state index contributed by atoms with van der Waals surface area (Å²) in [5.41, 5.74) is 4.18. The lowest BCUT2D eigenvalue weighted by Crippen LogP contribution is -2.36. The first-order valence-corrected chi connectivity index (χ1v) is 10.8. The second-order valence-corrected chi connectivity index (χ2v) is 9.18. The Kier molecular flexibility index (Phi) is 6.53. The lowest BCUT2D eigenvalue weighted by Gasteiger charge is -2.20. The summed E-state index contributed by atoms with van der Waals surface area (Å²) in [5.74, 6) is -0.0866. The van der Waals surface area contributed by atoms with E-state index in [4.69, 9.17) is 4.98 Å². The van der Waals surface area contributed by atoms with Crippen molar-refractivity contribution in [2.45, 2.75) is 13.8 Å². The SMILES string of the molecule is Cc1cc(C)c2sc(N(CCN(C)C)C(=O)c3nc4ccccc4s3)nc2c1.Cl. The summed E-state index contributed by atoms with van der Waals surface area (Å²) in [6.07, 6.45) is 0. The van der Waals surface area contributed by atoms with Crippen molar-refractivity contribution in [2.24, 2.45) is 0 Å². The zero-order valence-corrected chi connectivity index (χ0v) is 19.2. The molecule has 0 aliphatic carbocycles. The van der Waals surface area contributed by atoms with E-state index < -0.39 is 0 Å². The molecular weight excluding hydrogens is 424 g/mol. The van der Waals surface area contributed by atoms with E-state index >= 15 is 0 Å². The highest BCUT2D eigenvalue weighted by molar-refractivity contribution is 7.23. The summed E-state index contributed by atoms with van der Waals surface area (Å²) in [6, 6.07) is 12.1. The molecule has 0 unspecified atom stereocenters. The van der Waals surface area contributed by atoms with Crippen LogP contribution in [0.5, 0.6) is 0 Å². The summed E-state index contributed by atoms with van der Waals surface area (Å²) >= 11 is 3.01. The minimum absolute atomic E-state index is 0. The van der Waals surface area contributed by atoms with Gasteiger partial charge in [0.15, 0.2) is 10.1 Å². The van der Waals surface area contributed by atoms with Crippen molar-refractivity contribution in [1.82, 2.24) is 14.9 Å². The Labute approximate surface area is 184 Å². The average Bonchev–Trinajstić information content (AvgIpc) is 3.25. The first-order chi connectivity index (χ1) is 13.4. The molecule has 0 aliphatic heterocycles. The number of likely N-dealkylation sites (N-methyl/N-ethyl adjacent to an activating group) is 1. The number of rotatable bonds is 5. The monoisotopic (exact) mass is 446 g/mol. The average molecular weight is 447 g/mol. The molecule has 2 aromatic carbocycles. The third-order valence-electron chi connectivity index (χ3n) is 4.53.